The Bertz CT molecular complexity index is 503. The molecule has 70 valence electrons. The van der Waals surface area contributed by atoms with Crippen LogP contribution in [0.3, 0.4) is 0 Å². The Morgan fingerprint density at radius 3 is 3.00 bits per heavy atom. The van der Waals surface area contributed by atoms with Crippen molar-refractivity contribution >= 4 is 11.0 Å². The highest BCUT2D eigenvalue weighted by molar-refractivity contribution is 5.76. The summed E-state index contributed by atoms with van der Waals surface area (Å²) in [6.07, 6.45) is 7.19. The van der Waals surface area contributed by atoms with E-state index in [2.05, 4.69) is 29.1 Å². The molecular formula is C12H12N2. The van der Waals surface area contributed by atoms with Crippen LogP contribution in [0.5, 0.6) is 0 Å². The summed E-state index contributed by atoms with van der Waals surface area (Å²) < 4.78 is 2.00. The van der Waals surface area contributed by atoms with E-state index in [4.69, 9.17) is 6.42 Å². The summed E-state index contributed by atoms with van der Waals surface area (Å²) >= 11 is 0. The van der Waals surface area contributed by atoms with E-state index in [9.17, 15) is 0 Å². The molecule has 2 heteroatoms. The molecular weight excluding hydrogens is 172 g/mol. The minimum absolute atomic E-state index is 0.154. The van der Waals surface area contributed by atoms with Gasteiger partial charge < -0.3 is 4.57 Å². The first-order valence-electron chi connectivity index (χ1n) is 4.59. The Balaban J connectivity index is 2.58. The van der Waals surface area contributed by atoms with Gasteiger partial charge in [-0.25, -0.2) is 4.98 Å². The van der Waals surface area contributed by atoms with Gasteiger partial charge >= 0.3 is 0 Å². The Hall–Kier alpha value is -1.75. The van der Waals surface area contributed by atoms with E-state index in [1.165, 1.54) is 0 Å². The number of hydrogen-bond donors (Lipinski definition) is 0. The van der Waals surface area contributed by atoms with Gasteiger partial charge in [0.1, 0.15) is 0 Å². The van der Waals surface area contributed by atoms with E-state index in [1.807, 2.05) is 24.9 Å². The van der Waals surface area contributed by atoms with Crippen molar-refractivity contribution in [1.82, 2.24) is 9.55 Å². The molecule has 0 aliphatic carbocycles. The second kappa shape index (κ2) is 3.19. The van der Waals surface area contributed by atoms with Crippen molar-refractivity contribution in [2.45, 2.75) is 12.8 Å². The van der Waals surface area contributed by atoms with Gasteiger partial charge in [0, 0.05) is 13.0 Å². The maximum atomic E-state index is 5.38. The molecule has 0 saturated carbocycles. The first-order chi connectivity index (χ1) is 6.72. The molecule has 2 rings (SSSR count). The number of terminal acetylenes is 1. The molecule has 0 fully saturated rings. The van der Waals surface area contributed by atoms with Crippen LogP contribution in [0.15, 0.2) is 24.5 Å². The monoisotopic (exact) mass is 184 g/mol. The molecule has 0 amide bonds. The van der Waals surface area contributed by atoms with Crippen LogP contribution in [0, 0.1) is 12.3 Å². The van der Waals surface area contributed by atoms with Gasteiger partial charge in [0.05, 0.1) is 17.4 Å². The summed E-state index contributed by atoms with van der Waals surface area (Å²) in [4.78, 5) is 4.29. The molecule has 2 aromatic rings. The average molecular weight is 184 g/mol. The predicted molar refractivity (Wildman–Crippen MR) is 58.0 cm³/mol. The second-order valence-electron chi connectivity index (χ2n) is 3.49. The van der Waals surface area contributed by atoms with Crippen LogP contribution in [-0.2, 0) is 7.05 Å². The van der Waals surface area contributed by atoms with Crippen molar-refractivity contribution in [3.05, 3.63) is 30.1 Å². The largest absolute Gasteiger partial charge is 0.334 e. The molecule has 0 aliphatic heterocycles. The van der Waals surface area contributed by atoms with Crippen molar-refractivity contribution < 1.29 is 0 Å². The zero-order chi connectivity index (χ0) is 10.1. The zero-order valence-corrected chi connectivity index (χ0v) is 8.36. The van der Waals surface area contributed by atoms with E-state index in [0.29, 0.717) is 0 Å². The van der Waals surface area contributed by atoms with Gasteiger partial charge in [0.15, 0.2) is 0 Å². The smallest absolute Gasteiger partial charge is 0.0955 e. The van der Waals surface area contributed by atoms with Gasteiger partial charge in [0.2, 0.25) is 0 Å². The van der Waals surface area contributed by atoms with Crippen molar-refractivity contribution in [1.29, 1.82) is 0 Å². The Labute approximate surface area is 83.6 Å². The van der Waals surface area contributed by atoms with Gasteiger partial charge in [-0.05, 0) is 24.6 Å². The minimum Gasteiger partial charge on any atom is -0.334 e. The molecule has 0 aliphatic rings. The van der Waals surface area contributed by atoms with Crippen molar-refractivity contribution in [3.63, 3.8) is 0 Å². The summed E-state index contributed by atoms with van der Waals surface area (Å²) in [5.41, 5.74) is 3.30. The minimum atomic E-state index is 0.154. The number of rotatable bonds is 1. The van der Waals surface area contributed by atoms with Gasteiger partial charge in [0.25, 0.3) is 0 Å². The number of nitrogens with zero attached hydrogens (tertiary/aromatic N) is 2. The Kier molecular flexibility index (Phi) is 2.01. The number of aromatic nitrogens is 2. The lowest BCUT2D eigenvalue weighted by atomic mass is 10.0. The van der Waals surface area contributed by atoms with E-state index < -0.39 is 0 Å². The third-order valence-corrected chi connectivity index (χ3v) is 2.50. The lowest BCUT2D eigenvalue weighted by Crippen LogP contribution is -1.89. The molecule has 2 nitrogen and oxygen atoms in total. The quantitative estimate of drug-likeness (QED) is 0.622. The highest BCUT2D eigenvalue weighted by Crippen LogP contribution is 2.19. The van der Waals surface area contributed by atoms with Crippen LogP contribution in [0.2, 0.25) is 0 Å². The number of benzene rings is 1. The van der Waals surface area contributed by atoms with Gasteiger partial charge in [-0.15, -0.1) is 6.42 Å². The summed E-state index contributed by atoms with van der Waals surface area (Å²) in [7, 11) is 1.99. The maximum Gasteiger partial charge on any atom is 0.0955 e. The van der Waals surface area contributed by atoms with E-state index >= 15 is 0 Å². The van der Waals surface area contributed by atoms with Crippen molar-refractivity contribution in [2.75, 3.05) is 0 Å². The lowest BCUT2D eigenvalue weighted by Gasteiger charge is -2.03. The summed E-state index contributed by atoms with van der Waals surface area (Å²) in [6, 6.07) is 6.18. The van der Waals surface area contributed by atoms with Crippen LogP contribution in [0.1, 0.15) is 18.4 Å². The Morgan fingerprint density at radius 1 is 1.50 bits per heavy atom. The molecule has 0 radical (unpaired) electrons. The van der Waals surface area contributed by atoms with E-state index in [-0.39, 0.29) is 5.92 Å². The SMILES string of the molecule is C#CC(C)c1ccc2c(c1)ncn2C. The fourth-order valence-corrected chi connectivity index (χ4v) is 1.52. The number of fused-ring (bicyclic) bond motifs is 1. The maximum absolute atomic E-state index is 5.38. The van der Waals surface area contributed by atoms with Crippen molar-refractivity contribution in [3.8, 4) is 12.3 Å². The van der Waals surface area contributed by atoms with Crippen LogP contribution in [0.25, 0.3) is 11.0 Å². The highest BCUT2D eigenvalue weighted by Gasteiger charge is 2.04. The van der Waals surface area contributed by atoms with E-state index in [1.54, 1.807) is 0 Å². The summed E-state index contributed by atoms with van der Waals surface area (Å²) in [5.74, 6) is 2.87. The predicted octanol–water partition coefficient (Wildman–Crippen LogP) is 2.31. The van der Waals surface area contributed by atoms with Gasteiger partial charge in [-0.3, -0.25) is 0 Å². The molecule has 1 heterocycles. The number of imidazole rings is 1. The third-order valence-electron chi connectivity index (χ3n) is 2.50. The second-order valence-corrected chi connectivity index (χ2v) is 3.49. The summed E-state index contributed by atoms with van der Waals surface area (Å²) in [5, 5.41) is 0. The topological polar surface area (TPSA) is 17.8 Å². The normalized spacial score (nSPS) is 12.6. The van der Waals surface area contributed by atoms with Crippen molar-refractivity contribution in [2.24, 2.45) is 7.05 Å². The molecule has 1 aromatic carbocycles. The first kappa shape index (κ1) is 8.83. The molecule has 1 aromatic heterocycles. The number of hydrogen-bond acceptors (Lipinski definition) is 1. The van der Waals surface area contributed by atoms with Gasteiger partial charge in [-0.1, -0.05) is 12.0 Å². The van der Waals surface area contributed by atoms with Gasteiger partial charge in [-0.2, -0.15) is 0 Å². The standard InChI is InChI=1S/C12H12N2/c1-4-9(2)10-5-6-12-11(7-10)13-8-14(12)3/h1,5-9H,2-3H3. The molecule has 1 unspecified atom stereocenters. The molecule has 1 atom stereocenters. The molecule has 0 bridgehead atoms. The zero-order valence-electron chi connectivity index (χ0n) is 8.36. The molecule has 14 heavy (non-hydrogen) atoms. The van der Waals surface area contributed by atoms with E-state index in [0.717, 1.165) is 16.6 Å². The lowest BCUT2D eigenvalue weighted by molar-refractivity contribution is 0.947. The fraction of sp³-hybridized carbons (Fsp3) is 0.250. The summed E-state index contributed by atoms with van der Waals surface area (Å²) in [6.45, 7) is 2.02. The average Bonchev–Trinajstić information content (AvgIpc) is 2.59. The van der Waals surface area contributed by atoms with Crippen LogP contribution in [0.4, 0.5) is 0 Å². The number of aryl methyl sites for hydroxylation is 1. The van der Waals surface area contributed by atoms with Crippen LogP contribution < -0.4 is 0 Å². The first-order valence-corrected chi connectivity index (χ1v) is 4.59. The fourth-order valence-electron chi connectivity index (χ4n) is 1.52. The molecule has 0 spiro atoms. The Morgan fingerprint density at radius 2 is 2.29 bits per heavy atom. The third kappa shape index (κ3) is 1.27. The van der Waals surface area contributed by atoms with Crippen LogP contribution in [-0.4, -0.2) is 9.55 Å². The highest BCUT2D eigenvalue weighted by atomic mass is 15.0. The van der Waals surface area contributed by atoms with Crippen LogP contribution >= 0.6 is 0 Å². The molecule has 0 N–H and O–H groups in total. The molecule has 0 saturated heterocycles.